The molecule has 0 N–H and O–H groups in total. The first-order valence-electron chi connectivity index (χ1n) is 7.18. The van der Waals surface area contributed by atoms with Crippen molar-refractivity contribution in [1.29, 1.82) is 0 Å². The molecule has 1 aromatic heterocycles. The molecule has 2 heterocycles. The normalized spacial score (nSPS) is 21.4. The summed E-state index contributed by atoms with van der Waals surface area (Å²) in [7, 11) is 0. The largest absolute Gasteiger partial charge is 0.389 e. The monoisotopic (exact) mass is 296 g/mol. The number of nitrogens with zero attached hydrogens (tertiary/aromatic N) is 2. The van der Waals surface area contributed by atoms with E-state index in [-0.39, 0.29) is 5.79 Å². The smallest absolute Gasteiger partial charge is 0.169 e. The van der Waals surface area contributed by atoms with Gasteiger partial charge < -0.3 is 14.3 Å². The van der Waals surface area contributed by atoms with Crippen LogP contribution < -0.4 is 0 Å². The van der Waals surface area contributed by atoms with Gasteiger partial charge >= 0.3 is 0 Å². The van der Waals surface area contributed by atoms with E-state index in [1.54, 1.807) is 11.3 Å². The third-order valence-corrected chi connectivity index (χ3v) is 4.75. The highest BCUT2D eigenvalue weighted by Crippen LogP contribution is 2.34. The van der Waals surface area contributed by atoms with Crippen LogP contribution in [0.25, 0.3) is 0 Å². The average molecular weight is 296 g/mol. The molecule has 1 saturated heterocycles. The van der Waals surface area contributed by atoms with Crippen LogP contribution in [0.2, 0.25) is 0 Å². The van der Waals surface area contributed by atoms with Gasteiger partial charge in [-0.15, -0.1) is 11.3 Å². The molecule has 1 saturated carbocycles. The zero-order valence-corrected chi connectivity index (χ0v) is 12.6. The molecule has 6 heteroatoms. The Morgan fingerprint density at radius 2 is 2.10 bits per heavy atom. The quantitative estimate of drug-likeness (QED) is 0.802. The van der Waals surface area contributed by atoms with E-state index in [1.165, 1.54) is 0 Å². The van der Waals surface area contributed by atoms with Gasteiger partial charge in [0.25, 0.3) is 0 Å². The number of thiazole rings is 1. The van der Waals surface area contributed by atoms with E-state index < -0.39 is 0 Å². The molecule has 2 aliphatic rings. The van der Waals surface area contributed by atoms with Gasteiger partial charge in [-0.05, 0) is 19.3 Å². The maximum Gasteiger partial charge on any atom is 0.169 e. The van der Waals surface area contributed by atoms with E-state index in [0.29, 0.717) is 19.8 Å². The minimum atomic E-state index is -0.329. The van der Waals surface area contributed by atoms with E-state index in [2.05, 4.69) is 17.1 Å². The van der Waals surface area contributed by atoms with Gasteiger partial charge in [-0.1, -0.05) is 12.1 Å². The summed E-state index contributed by atoms with van der Waals surface area (Å²) in [6.45, 7) is 3.99. The summed E-state index contributed by atoms with van der Waals surface area (Å²) in [4.78, 5) is 9.87. The third-order valence-electron chi connectivity index (χ3n) is 3.71. The molecule has 1 aliphatic heterocycles. The molecule has 0 atom stereocenters. The topological polar surface area (TPSA) is 52.9 Å². The van der Waals surface area contributed by atoms with Crippen LogP contribution >= 0.6 is 11.3 Å². The molecule has 5 nitrogen and oxygen atoms in total. The van der Waals surface area contributed by atoms with Crippen LogP contribution in [-0.4, -0.2) is 29.7 Å². The van der Waals surface area contributed by atoms with Gasteiger partial charge in [0.1, 0.15) is 0 Å². The van der Waals surface area contributed by atoms with Crippen molar-refractivity contribution < 1.29 is 14.3 Å². The van der Waals surface area contributed by atoms with Crippen LogP contribution in [0.3, 0.4) is 0 Å². The Labute approximate surface area is 122 Å². The summed E-state index contributed by atoms with van der Waals surface area (Å²) in [5.41, 5.74) is 2.06. The van der Waals surface area contributed by atoms with Crippen LogP contribution in [0, 0.1) is 0 Å². The molecule has 3 rings (SSSR count). The minimum absolute atomic E-state index is 0.329. The molecule has 0 amide bonds. The minimum Gasteiger partial charge on any atom is -0.389 e. The lowest BCUT2D eigenvalue weighted by atomic mass is 9.92. The summed E-state index contributed by atoms with van der Waals surface area (Å²) in [5, 5.41) is 7.42. The first-order chi connectivity index (χ1) is 9.80. The zero-order valence-electron chi connectivity index (χ0n) is 11.8. The van der Waals surface area contributed by atoms with Crippen LogP contribution in [0.1, 0.15) is 43.3 Å². The van der Waals surface area contributed by atoms with Gasteiger partial charge in [-0.25, -0.2) is 4.98 Å². The van der Waals surface area contributed by atoms with Crippen molar-refractivity contribution in [3.63, 3.8) is 0 Å². The highest BCUT2D eigenvalue weighted by molar-refractivity contribution is 7.09. The fourth-order valence-electron chi connectivity index (χ4n) is 2.56. The van der Waals surface area contributed by atoms with Crippen molar-refractivity contribution in [2.75, 3.05) is 13.2 Å². The molecule has 1 aliphatic carbocycles. The standard InChI is InChI=1S/C14H20N2O3S/c1-2-13-15-12(10-20-13)9-19-16-11-3-5-14(6-4-11)17-7-8-18-14/h10H,2-9H2,1H3. The Balaban J connectivity index is 1.46. The van der Waals surface area contributed by atoms with Crippen LogP contribution in [0.15, 0.2) is 10.5 Å². The Morgan fingerprint density at radius 1 is 1.35 bits per heavy atom. The van der Waals surface area contributed by atoms with Crippen molar-refractivity contribution in [2.45, 2.75) is 51.4 Å². The Morgan fingerprint density at radius 3 is 2.75 bits per heavy atom. The molecule has 1 spiro atoms. The average Bonchev–Trinajstić information content (AvgIpc) is 3.11. The van der Waals surface area contributed by atoms with Gasteiger partial charge in [0.05, 0.1) is 29.6 Å². The van der Waals surface area contributed by atoms with Crippen LogP contribution in [0.4, 0.5) is 0 Å². The maximum absolute atomic E-state index is 5.69. The van der Waals surface area contributed by atoms with Gasteiger partial charge in [-0.2, -0.15) is 0 Å². The van der Waals surface area contributed by atoms with Gasteiger partial charge in [0, 0.05) is 18.2 Å². The number of aromatic nitrogens is 1. The number of hydrogen-bond acceptors (Lipinski definition) is 6. The second-order valence-electron chi connectivity index (χ2n) is 5.12. The number of oxime groups is 1. The van der Waals surface area contributed by atoms with E-state index >= 15 is 0 Å². The predicted molar refractivity (Wildman–Crippen MR) is 76.8 cm³/mol. The number of hydrogen-bond donors (Lipinski definition) is 0. The lowest BCUT2D eigenvalue weighted by Gasteiger charge is -2.31. The third kappa shape index (κ3) is 3.19. The summed E-state index contributed by atoms with van der Waals surface area (Å²) in [6, 6.07) is 0. The highest BCUT2D eigenvalue weighted by atomic mass is 32.1. The van der Waals surface area contributed by atoms with Crippen molar-refractivity contribution in [3.05, 3.63) is 16.1 Å². The van der Waals surface area contributed by atoms with Crippen LogP contribution in [-0.2, 0) is 27.3 Å². The molecule has 2 fully saturated rings. The van der Waals surface area contributed by atoms with E-state index in [0.717, 1.165) is 48.5 Å². The molecule has 0 unspecified atom stereocenters. The second kappa shape index (κ2) is 6.20. The summed E-state index contributed by atoms with van der Waals surface area (Å²) in [6.07, 6.45) is 4.51. The molecule has 20 heavy (non-hydrogen) atoms. The lowest BCUT2D eigenvalue weighted by Crippen LogP contribution is -2.35. The summed E-state index contributed by atoms with van der Waals surface area (Å²) >= 11 is 1.68. The van der Waals surface area contributed by atoms with E-state index in [1.807, 2.05) is 5.38 Å². The highest BCUT2D eigenvalue weighted by Gasteiger charge is 2.39. The Kier molecular flexibility index (Phi) is 4.33. The zero-order chi connectivity index (χ0) is 13.8. The molecule has 110 valence electrons. The van der Waals surface area contributed by atoms with Crippen LogP contribution in [0.5, 0.6) is 0 Å². The van der Waals surface area contributed by atoms with E-state index in [9.17, 15) is 0 Å². The summed E-state index contributed by atoms with van der Waals surface area (Å²) in [5.74, 6) is -0.329. The molecule has 0 bridgehead atoms. The van der Waals surface area contributed by atoms with Crippen molar-refractivity contribution in [1.82, 2.24) is 4.98 Å². The van der Waals surface area contributed by atoms with Gasteiger partial charge in [0.15, 0.2) is 12.4 Å². The number of ether oxygens (including phenoxy) is 2. The number of aryl methyl sites for hydroxylation is 1. The molecular weight excluding hydrogens is 276 g/mol. The first-order valence-corrected chi connectivity index (χ1v) is 8.06. The Bertz CT molecular complexity index is 469. The SMILES string of the molecule is CCc1nc(CON=C2CCC3(CC2)OCCO3)cs1. The van der Waals surface area contributed by atoms with Gasteiger partial charge in [-0.3, -0.25) is 0 Å². The maximum atomic E-state index is 5.69. The van der Waals surface area contributed by atoms with Crippen molar-refractivity contribution >= 4 is 17.0 Å². The summed E-state index contributed by atoms with van der Waals surface area (Å²) < 4.78 is 11.4. The Hall–Kier alpha value is -0.980. The molecule has 0 radical (unpaired) electrons. The molecule has 1 aromatic rings. The van der Waals surface area contributed by atoms with Crippen molar-refractivity contribution in [2.24, 2.45) is 5.16 Å². The lowest BCUT2D eigenvalue weighted by molar-refractivity contribution is -0.168. The second-order valence-corrected chi connectivity index (χ2v) is 6.07. The van der Waals surface area contributed by atoms with Crippen molar-refractivity contribution in [3.8, 4) is 0 Å². The van der Waals surface area contributed by atoms with Gasteiger partial charge in [0.2, 0.25) is 0 Å². The fourth-order valence-corrected chi connectivity index (χ4v) is 3.29. The molecular formula is C14H20N2O3S. The fraction of sp³-hybridized carbons (Fsp3) is 0.714. The molecule has 0 aromatic carbocycles. The predicted octanol–water partition coefficient (Wildman–Crippen LogP) is 2.90. The first kappa shape index (κ1) is 14.0. The number of rotatable bonds is 4. The van der Waals surface area contributed by atoms with E-state index in [4.69, 9.17) is 14.3 Å².